The molecule has 1 heterocycles. The Morgan fingerprint density at radius 2 is 2.05 bits per heavy atom. The highest BCUT2D eigenvalue weighted by atomic mass is 35.5. The number of hydrogen-bond acceptors (Lipinski definition) is 4. The average Bonchev–Trinajstić information content (AvgIpc) is 2.35. The number of nitrogens with zero attached hydrogens (tertiary/aromatic N) is 2. The van der Waals surface area contributed by atoms with E-state index in [1.165, 1.54) is 0 Å². The van der Waals surface area contributed by atoms with Gasteiger partial charge < -0.3 is 5.32 Å². The van der Waals surface area contributed by atoms with Crippen molar-refractivity contribution < 1.29 is 0 Å². The fourth-order valence-electron chi connectivity index (χ4n) is 1.68. The lowest BCUT2D eigenvalue weighted by Crippen LogP contribution is -2.05. The first-order valence-electron chi connectivity index (χ1n) is 6.12. The summed E-state index contributed by atoms with van der Waals surface area (Å²) in [5, 5.41) is 4.96. The first-order chi connectivity index (χ1) is 9.10. The predicted molar refractivity (Wildman–Crippen MR) is 81.2 cm³/mol. The van der Waals surface area contributed by atoms with Gasteiger partial charge in [-0.2, -0.15) is 0 Å². The summed E-state index contributed by atoms with van der Waals surface area (Å²) in [5.41, 5.74) is 1.07. The summed E-state index contributed by atoms with van der Waals surface area (Å²) in [5.74, 6) is 1.67. The zero-order chi connectivity index (χ0) is 13.8. The monoisotopic (exact) mass is 293 g/mol. The number of hydrogen-bond donors (Lipinski definition) is 1. The average molecular weight is 294 g/mol. The van der Waals surface area contributed by atoms with E-state index < -0.39 is 0 Å². The van der Waals surface area contributed by atoms with E-state index in [4.69, 9.17) is 11.6 Å². The smallest absolute Gasteiger partial charge is 0.133 e. The zero-order valence-corrected chi connectivity index (χ0v) is 12.8. The van der Waals surface area contributed by atoms with Gasteiger partial charge in [0.1, 0.15) is 16.7 Å². The molecule has 2 aromatic rings. The fourth-order valence-corrected chi connectivity index (χ4v) is 2.92. The van der Waals surface area contributed by atoms with Crippen molar-refractivity contribution in [3.8, 4) is 0 Å². The third kappa shape index (κ3) is 3.61. The maximum absolute atomic E-state index is 6.00. The molecule has 100 valence electrons. The summed E-state index contributed by atoms with van der Waals surface area (Å²) in [6.07, 6.45) is 0. The van der Waals surface area contributed by atoms with Crippen LogP contribution in [0.1, 0.15) is 18.3 Å². The Morgan fingerprint density at radius 3 is 2.74 bits per heavy atom. The SMILES string of the molecule is CCNc1nc(C)nc(Sc2cccc(Cl)c2)c1C. The lowest BCUT2D eigenvalue weighted by Gasteiger charge is -2.11. The molecule has 5 heteroatoms. The zero-order valence-electron chi connectivity index (χ0n) is 11.2. The van der Waals surface area contributed by atoms with E-state index in [0.29, 0.717) is 0 Å². The van der Waals surface area contributed by atoms with Crippen LogP contribution in [0, 0.1) is 13.8 Å². The molecule has 0 saturated carbocycles. The molecule has 0 aliphatic rings. The highest BCUT2D eigenvalue weighted by Crippen LogP contribution is 2.32. The molecule has 0 atom stereocenters. The largest absolute Gasteiger partial charge is 0.370 e. The molecule has 0 aliphatic carbocycles. The first kappa shape index (κ1) is 14.2. The topological polar surface area (TPSA) is 37.8 Å². The van der Waals surface area contributed by atoms with Crippen LogP contribution in [0.3, 0.4) is 0 Å². The number of halogens is 1. The van der Waals surface area contributed by atoms with Crippen LogP contribution in [0.15, 0.2) is 34.2 Å². The molecule has 1 aromatic heterocycles. The molecule has 0 amide bonds. The molecular formula is C14H16ClN3S. The van der Waals surface area contributed by atoms with Gasteiger partial charge in [0.25, 0.3) is 0 Å². The van der Waals surface area contributed by atoms with Crippen LogP contribution in [0.4, 0.5) is 5.82 Å². The Balaban J connectivity index is 2.34. The molecule has 3 nitrogen and oxygen atoms in total. The van der Waals surface area contributed by atoms with Gasteiger partial charge in [-0.05, 0) is 39.0 Å². The second-order valence-electron chi connectivity index (χ2n) is 4.14. The molecule has 0 fully saturated rings. The van der Waals surface area contributed by atoms with E-state index in [-0.39, 0.29) is 0 Å². The van der Waals surface area contributed by atoms with Crippen molar-refractivity contribution in [1.82, 2.24) is 9.97 Å². The van der Waals surface area contributed by atoms with Crippen molar-refractivity contribution in [2.24, 2.45) is 0 Å². The van der Waals surface area contributed by atoms with Crippen molar-refractivity contribution >= 4 is 29.2 Å². The van der Waals surface area contributed by atoms with Crippen LogP contribution < -0.4 is 5.32 Å². The van der Waals surface area contributed by atoms with Crippen LogP contribution in [0.2, 0.25) is 5.02 Å². The fraction of sp³-hybridized carbons (Fsp3) is 0.286. The van der Waals surface area contributed by atoms with E-state index in [0.717, 1.165) is 38.7 Å². The molecule has 0 radical (unpaired) electrons. The molecule has 1 N–H and O–H groups in total. The molecule has 0 unspecified atom stereocenters. The van der Waals surface area contributed by atoms with E-state index in [1.54, 1.807) is 11.8 Å². The predicted octanol–water partition coefficient (Wildman–Crippen LogP) is 4.33. The van der Waals surface area contributed by atoms with E-state index >= 15 is 0 Å². The van der Waals surface area contributed by atoms with Gasteiger partial charge in [0.05, 0.1) is 0 Å². The highest BCUT2D eigenvalue weighted by Gasteiger charge is 2.10. The Bertz CT molecular complexity index is 587. The van der Waals surface area contributed by atoms with Crippen LogP contribution in [0.25, 0.3) is 0 Å². The molecule has 0 aliphatic heterocycles. The summed E-state index contributed by atoms with van der Waals surface area (Å²) in [6.45, 7) is 6.84. The quantitative estimate of drug-likeness (QED) is 0.852. The molecule has 0 bridgehead atoms. The van der Waals surface area contributed by atoms with Gasteiger partial charge in [-0.1, -0.05) is 29.4 Å². The van der Waals surface area contributed by atoms with Crippen molar-refractivity contribution in [1.29, 1.82) is 0 Å². The Hall–Kier alpha value is -1.26. The minimum atomic E-state index is 0.736. The summed E-state index contributed by atoms with van der Waals surface area (Å²) >= 11 is 7.61. The molecule has 0 saturated heterocycles. The second kappa shape index (κ2) is 6.26. The van der Waals surface area contributed by atoms with E-state index in [9.17, 15) is 0 Å². The van der Waals surface area contributed by atoms with Gasteiger partial charge >= 0.3 is 0 Å². The summed E-state index contributed by atoms with van der Waals surface area (Å²) in [4.78, 5) is 10.0. The minimum Gasteiger partial charge on any atom is -0.370 e. The van der Waals surface area contributed by atoms with Crippen LogP contribution >= 0.6 is 23.4 Å². The molecule has 1 aromatic carbocycles. The van der Waals surface area contributed by atoms with Crippen LogP contribution in [0.5, 0.6) is 0 Å². The summed E-state index contributed by atoms with van der Waals surface area (Å²) in [7, 11) is 0. The molecule has 19 heavy (non-hydrogen) atoms. The van der Waals surface area contributed by atoms with Gasteiger partial charge in [-0.3, -0.25) is 0 Å². The van der Waals surface area contributed by atoms with Crippen molar-refractivity contribution in [2.45, 2.75) is 30.7 Å². The number of rotatable bonds is 4. The Morgan fingerprint density at radius 1 is 1.26 bits per heavy atom. The van der Waals surface area contributed by atoms with Crippen LogP contribution in [-0.2, 0) is 0 Å². The number of aryl methyl sites for hydroxylation is 1. The first-order valence-corrected chi connectivity index (χ1v) is 7.32. The maximum Gasteiger partial charge on any atom is 0.133 e. The number of benzene rings is 1. The van der Waals surface area contributed by atoms with Gasteiger partial charge in [0.2, 0.25) is 0 Å². The van der Waals surface area contributed by atoms with Crippen molar-refractivity contribution in [3.63, 3.8) is 0 Å². The van der Waals surface area contributed by atoms with Crippen molar-refractivity contribution in [3.05, 3.63) is 40.7 Å². The summed E-state index contributed by atoms with van der Waals surface area (Å²) < 4.78 is 0. The third-order valence-corrected chi connectivity index (χ3v) is 3.88. The maximum atomic E-state index is 6.00. The Labute approximate surface area is 122 Å². The standard InChI is InChI=1S/C14H16ClN3S/c1-4-16-13-9(2)14(18-10(3)17-13)19-12-7-5-6-11(15)8-12/h5-8H,4H2,1-3H3,(H,16,17,18). The summed E-state index contributed by atoms with van der Waals surface area (Å²) in [6, 6.07) is 7.78. The normalized spacial score (nSPS) is 10.5. The lowest BCUT2D eigenvalue weighted by molar-refractivity contribution is 0.932. The molecule has 0 spiro atoms. The van der Waals surface area contributed by atoms with Crippen LogP contribution in [-0.4, -0.2) is 16.5 Å². The second-order valence-corrected chi connectivity index (χ2v) is 5.64. The number of aromatic nitrogens is 2. The molecule has 2 rings (SSSR count). The van der Waals surface area contributed by atoms with Crippen molar-refractivity contribution in [2.75, 3.05) is 11.9 Å². The van der Waals surface area contributed by atoms with Gasteiger partial charge in [0, 0.05) is 22.0 Å². The Kier molecular flexibility index (Phi) is 4.66. The van der Waals surface area contributed by atoms with Gasteiger partial charge in [0.15, 0.2) is 0 Å². The number of nitrogens with one attached hydrogen (secondary N) is 1. The number of anilines is 1. The van der Waals surface area contributed by atoms with E-state index in [1.807, 2.05) is 38.1 Å². The highest BCUT2D eigenvalue weighted by molar-refractivity contribution is 7.99. The molecular weight excluding hydrogens is 278 g/mol. The lowest BCUT2D eigenvalue weighted by atomic mass is 10.3. The van der Waals surface area contributed by atoms with E-state index in [2.05, 4.69) is 22.2 Å². The van der Waals surface area contributed by atoms with Gasteiger partial charge in [-0.25, -0.2) is 9.97 Å². The minimum absolute atomic E-state index is 0.736. The third-order valence-electron chi connectivity index (χ3n) is 2.57. The van der Waals surface area contributed by atoms with Gasteiger partial charge in [-0.15, -0.1) is 0 Å².